The Morgan fingerprint density at radius 3 is 2.70 bits per heavy atom. The van der Waals surface area contributed by atoms with Gasteiger partial charge in [0.2, 0.25) is 0 Å². The van der Waals surface area contributed by atoms with E-state index in [-0.39, 0.29) is 36.5 Å². The number of carbonyl (C=O) groups excluding carboxylic acids is 1. The third kappa shape index (κ3) is 7.16. The van der Waals surface area contributed by atoms with Crippen LogP contribution in [-0.2, 0) is 11.3 Å². The van der Waals surface area contributed by atoms with Crippen molar-refractivity contribution in [2.45, 2.75) is 32.9 Å². The van der Waals surface area contributed by atoms with E-state index in [1.165, 1.54) is 6.42 Å². The molecule has 1 aromatic rings. The second-order valence-corrected chi connectivity index (χ2v) is 7.37. The number of rotatable bonds is 8. The molecule has 1 unspecified atom stereocenters. The normalized spacial score (nSPS) is 18.9. The van der Waals surface area contributed by atoms with Crippen LogP contribution in [-0.4, -0.2) is 73.6 Å². The van der Waals surface area contributed by atoms with E-state index in [0.717, 1.165) is 44.2 Å². The lowest BCUT2D eigenvalue weighted by molar-refractivity contribution is -0.122. The molecule has 2 aliphatic heterocycles. The zero-order valence-electron chi connectivity index (χ0n) is 18.0. The Labute approximate surface area is 197 Å². The highest BCUT2D eigenvalue weighted by molar-refractivity contribution is 14.0. The van der Waals surface area contributed by atoms with E-state index in [1.54, 1.807) is 0 Å². The summed E-state index contributed by atoms with van der Waals surface area (Å²) in [7, 11) is 0. The maximum Gasteiger partial charge on any atom is 0.257 e. The molecule has 3 rings (SSSR count). The highest BCUT2D eigenvalue weighted by Gasteiger charge is 2.29. The van der Waals surface area contributed by atoms with Crippen LogP contribution in [0.15, 0.2) is 41.4 Å². The molecular formula is C22H34IN5O2. The van der Waals surface area contributed by atoms with Crippen LogP contribution < -0.4 is 15.4 Å². The predicted octanol–water partition coefficient (Wildman–Crippen LogP) is 2.23. The summed E-state index contributed by atoms with van der Waals surface area (Å²) in [5, 5.41) is 6.16. The number of guanidine groups is 1. The van der Waals surface area contributed by atoms with Gasteiger partial charge >= 0.3 is 0 Å². The molecule has 1 fully saturated rings. The van der Waals surface area contributed by atoms with Crippen molar-refractivity contribution < 1.29 is 9.53 Å². The molecule has 2 heterocycles. The summed E-state index contributed by atoms with van der Waals surface area (Å²) >= 11 is 0. The van der Waals surface area contributed by atoms with Crippen molar-refractivity contribution >= 4 is 35.8 Å². The van der Waals surface area contributed by atoms with Crippen LogP contribution in [0, 0.1) is 0 Å². The maximum absolute atomic E-state index is 11.6. The van der Waals surface area contributed by atoms with Crippen LogP contribution in [0.25, 0.3) is 0 Å². The summed E-state index contributed by atoms with van der Waals surface area (Å²) in [4.78, 5) is 21.3. The van der Waals surface area contributed by atoms with Gasteiger partial charge in [-0.15, -0.1) is 24.0 Å². The fourth-order valence-electron chi connectivity index (χ4n) is 3.75. The van der Waals surface area contributed by atoms with E-state index in [1.807, 2.05) is 31.2 Å². The number of nitrogens with one attached hydrogen (secondary N) is 2. The van der Waals surface area contributed by atoms with Crippen LogP contribution in [0.5, 0.6) is 5.75 Å². The zero-order chi connectivity index (χ0) is 20.5. The van der Waals surface area contributed by atoms with Crippen LogP contribution in [0.3, 0.4) is 0 Å². The first-order valence-electron chi connectivity index (χ1n) is 10.6. The van der Waals surface area contributed by atoms with Crippen molar-refractivity contribution in [1.82, 2.24) is 20.4 Å². The molecule has 2 aliphatic rings. The van der Waals surface area contributed by atoms with Gasteiger partial charge in [-0.3, -0.25) is 9.69 Å². The number of likely N-dealkylation sites (N-methyl/N-ethyl adjacent to an activating group) is 1. The van der Waals surface area contributed by atoms with E-state index in [0.29, 0.717) is 24.9 Å². The van der Waals surface area contributed by atoms with Crippen molar-refractivity contribution in [2.24, 2.45) is 4.99 Å². The predicted molar refractivity (Wildman–Crippen MR) is 132 cm³/mol. The molecule has 8 heteroatoms. The summed E-state index contributed by atoms with van der Waals surface area (Å²) < 4.78 is 5.59. The van der Waals surface area contributed by atoms with Crippen molar-refractivity contribution in [3.05, 3.63) is 42.0 Å². The minimum absolute atomic E-state index is 0. The molecule has 0 radical (unpaired) electrons. The van der Waals surface area contributed by atoms with E-state index in [4.69, 9.17) is 9.73 Å². The van der Waals surface area contributed by atoms with Crippen molar-refractivity contribution in [3.8, 4) is 5.75 Å². The first-order valence-corrected chi connectivity index (χ1v) is 10.6. The van der Waals surface area contributed by atoms with Gasteiger partial charge in [-0.1, -0.05) is 24.3 Å². The molecule has 1 saturated heterocycles. The molecule has 1 atom stereocenters. The molecule has 0 aliphatic carbocycles. The molecule has 0 bridgehead atoms. The van der Waals surface area contributed by atoms with Gasteiger partial charge in [-0.2, -0.15) is 0 Å². The first kappa shape index (κ1) is 24.5. The van der Waals surface area contributed by atoms with Crippen molar-refractivity contribution in [1.29, 1.82) is 0 Å². The zero-order valence-corrected chi connectivity index (χ0v) is 20.3. The quantitative estimate of drug-likeness (QED) is 0.235. The minimum atomic E-state index is -0.109. The Balaban J connectivity index is 0.00000320. The van der Waals surface area contributed by atoms with Crippen LogP contribution >= 0.6 is 24.0 Å². The Hall–Kier alpha value is -1.81. The second-order valence-electron chi connectivity index (χ2n) is 7.37. The summed E-state index contributed by atoms with van der Waals surface area (Å²) in [6.45, 7) is 10.2. The fourth-order valence-corrected chi connectivity index (χ4v) is 3.75. The average Bonchev–Trinajstić information content (AvgIpc) is 3.42. The van der Waals surface area contributed by atoms with Gasteiger partial charge in [-0.05, 0) is 38.0 Å². The first-order chi connectivity index (χ1) is 14.2. The van der Waals surface area contributed by atoms with E-state index in [9.17, 15) is 4.79 Å². The lowest BCUT2D eigenvalue weighted by atomic mass is 10.2. The number of likely N-dealkylation sites (tertiary alicyclic amines) is 1. The summed E-state index contributed by atoms with van der Waals surface area (Å²) in [5.41, 5.74) is 1.06. The molecule has 2 N–H and O–H groups in total. The van der Waals surface area contributed by atoms with Crippen LogP contribution in [0.2, 0.25) is 0 Å². The lowest BCUT2D eigenvalue weighted by Gasteiger charge is -2.25. The Kier molecular flexibility index (Phi) is 10.4. The molecule has 166 valence electrons. The minimum Gasteiger partial charge on any atom is -0.484 e. The van der Waals surface area contributed by atoms with Crippen molar-refractivity contribution in [2.75, 3.05) is 45.9 Å². The maximum atomic E-state index is 11.6. The SMILES string of the molecule is CCNC(=O)COc1cccc(CN=C(NCC)N2CCC(N3CC=CC3)C2)c1.I. The summed E-state index contributed by atoms with van der Waals surface area (Å²) in [5.74, 6) is 1.55. The Bertz CT molecular complexity index is 732. The standard InChI is InChI=1S/C22H33N5O2.HI/c1-3-23-21(28)17-29-20-9-7-8-18(14-20)15-25-22(24-4-2)27-13-10-19(16-27)26-11-5-6-12-26;/h5-9,14,19H,3-4,10-13,15-17H2,1-2H3,(H,23,28)(H,24,25);1H. The average molecular weight is 527 g/mol. The second kappa shape index (κ2) is 12.8. The monoisotopic (exact) mass is 527 g/mol. The summed E-state index contributed by atoms with van der Waals surface area (Å²) in [6.07, 6.45) is 5.68. The highest BCUT2D eigenvalue weighted by Crippen LogP contribution is 2.19. The topological polar surface area (TPSA) is 69.2 Å². The fraction of sp³-hybridized carbons (Fsp3) is 0.545. The molecule has 1 aromatic carbocycles. The summed E-state index contributed by atoms with van der Waals surface area (Å²) in [6, 6.07) is 8.40. The number of ether oxygens (including phenoxy) is 1. The highest BCUT2D eigenvalue weighted by atomic mass is 127. The van der Waals surface area contributed by atoms with Gasteiger partial charge in [0.25, 0.3) is 5.91 Å². The van der Waals surface area contributed by atoms with Gasteiger partial charge < -0.3 is 20.3 Å². The lowest BCUT2D eigenvalue weighted by Crippen LogP contribution is -2.42. The molecule has 0 saturated carbocycles. The molecule has 0 aromatic heterocycles. The Morgan fingerprint density at radius 1 is 1.20 bits per heavy atom. The molecular weight excluding hydrogens is 493 g/mol. The number of benzene rings is 1. The Morgan fingerprint density at radius 2 is 1.97 bits per heavy atom. The third-order valence-corrected chi connectivity index (χ3v) is 5.21. The van der Waals surface area contributed by atoms with Crippen molar-refractivity contribution in [3.63, 3.8) is 0 Å². The smallest absolute Gasteiger partial charge is 0.257 e. The molecule has 1 amide bonds. The molecule has 7 nitrogen and oxygen atoms in total. The number of amides is 1. The number of aliphatic imine (C=N–C) groups is 1. The molecule has 0 spiro atoms. The van der Waals surface area contributed by atoms with E-state index < -0.39 is 0 Å². The van der Waals surface area contributed by atoms with Crippen LogP contribution in [0.1, 0.15) is 25.8 Å². The molecule has 30 heavy (non-hydrogen) atoms. The van der Waals surface area contributed by atoms with Gasteiger partial charge in [0.15, 0.2) is 12.6 Å². The van der Waals surface area contributed by atoms with Gasteiger partial charge in [0.1, 0.15) is 5.75 Å². The number of hydrogen-bond donors (Lipinski definition) is 2. The largest absolute Gasteiger partial charge is 0.484 e. The number of nitrogens with zero attached hydrogens (tertiary/aromatic N) is 3. The number of halogens is 1. The van der Waals surface area contributed by atoms with E-state index >= 15 is 0 Å². The van der Waals surface area contributed by atoms with Gasteiger partial charge in [0, 0.05) is 45.3 Å². The van der Waals surface area contributed by atoms with Gasteiger partial charge in [-0.25, -0.2) is 4.99 Å². The van der Waals surface area contributed by atoms with Gasteiger partial charge in [0.05, 0.1) is 6.54 Å². The van der Waals surface area contributed by atoms with E-state index in [2.05, 4.69) is 39.5 Å². The van der Waals surface area contributed by atoms with Crippen LogP contribution in [0.4, 0.5) is 0 Å². The number of carbonyl (C=O) groups is 1. The number of hydrogen-bond acceptors (Lipinski definition) is 4. The third-order valence-electron chi connectivity index (χ3n) is 5.21.